The first-order chi connectivity index (χ1) is 15.8. The summed E-state index contributed by atoms with van der Waals surface area (Å²) in [7, 11) is 0. The summed E-state index contributed by atoms with van der Waals surface area (Å²) in [6, 6.07) is 12.9. The van der Waals surface area contributed by atoms with E-state index in [2.05, 4.69) is 22.0 Å². The monoisotopic (exact) mass is 446 g/mol. The van der Waals surface area contributed by atoms with Gasteiger partial charge in [0.15, 0.2) is 0 Å². The average Bonchev–Trinajstić information content (AvgIpc) is 3.05. The van der Waals surface area contributed by atoms with E-state index >= 15 is 0 Å². The molecule has 2 aliphatic rings. The topological polar surface area (TPSA) is 73.0 Å². The van der Waals surface area contributed by atoms with Crippen LogP contribution in [0.15, 0.2) is 48.2 Å². The van der Waals surface area contributed by atoms with Crippen LogP contribution < -0.4 is 10.2 Å². The van der Waals surface area contributed by atoms with E-state index in [0.717, 1.165) is 30.8 Å². The van der Waals surface area contributed by atoms with Crippen molar-refractivity contribution in [3.8, 4) is 0 Å². The molecule has 0 atom stereocenters. The second-order valence-electron chi connectivity index (χ2n) is 8.64. The molecule has 7 nitrogen and oxygen atoms in total. The summed E-state index contributed by atoms with van der Waals surface area (Å²) < 4.78 is 0. The molecule has 0 spiro atoms. The quantitative estimate of drug-likeness (QED) is 0.715. The number of anilines is 2. The van der Waals surface area contributed by atoms with Crippen molar-refractivity contribution >= 4 is 34.7 Å². The van der Waals surface area contributed by atoms with Crippen molar-refractivity contribution in [2.45, 2.75) is 27.7 Å². The summed E-state index contributed by atoms with van der Waals surface area (Å²) in [5, 5.41) is 2.74. The van der Waals surface area contributed by atoms with E-state index in [1.165, 1.54) is 11.8 Å². The lowest BCUT2D eigenvalue weighted by atomic mass is 10.0. The van der Waals surface area contributed by atoms with E-state index in [-0.39, 0.29) is 17.7 Å². The van der Waals surface area contributed by atoms with Crippen LogP contribution in [0.25, 0.3) is 5.57 Å². The molecule has 1 saturated heterocycles. The van der Waals surface area contributed by atoms with E-state index < -0.39 is 0 Å². The minimum Gasteiger partial charge on any atom is -0.364 e. The minimum atomic E-state index is -0.311. The van der Waals surface area contributed by atoms with Gasteiger partial charge in [-0.25, -0.2) is 4.90 Å². The highest BCUT2D eigenvalue weighted by molar-refractivity contribution is 6.45. The van der Waals surface area contributed by atoms with E-state index in [1.54, 1.807) is 24.3 Å². The first-order valence-corrected chi connectivity index (χ1v) is 11.4. The number of hydrogen-bond acceptors (Lipinski definition) is 5. The zero-order chi connectivity index (χ0) is 23.7. The van der Waals surface area contributed by atoms with Crippen LogP contribution in [0.5, 0.6) is 0 Å². The highest BCUT2D eigenvalue weighted by Crippen LogP contribution is 2.37. The Morgan fingerprint density at radius 3 is 2.21 bits per heavy atom. The SMILES string of the molecule is CCN1CCN(C2=C(c3ccc(NC(C)=O)cc3)C(=O)N(c3cc(C)ccc3C)C2=O)CC1. The Morgan fingerprint density at radius 1 is 0.939 bits per heavy atom. The number of likely N-dealkylation sites (N-methyl/N-ethyl adjacent to an activating group) is 1. The largest absolute Gasteiger partial charge is 0.364 e. The molecule has 1 fully saturated rings. The van der Waals surface area contributed by atoms with Crippen LogP contribution in [0.1, 0.15) is 30.5 Å². The lowest BCUT2D eigenvalue weighted by Crippen LogP contribution is -2.47. The Bertz CT molecular complexity index is 1130. The Hall–Kier alpha value is -3.45. The van der Waals surface area contributed by atoms with Gasteiger partial charge in [0.25, 0.3) is 11.8 Å². The predicted molar refractivity (Wildman–Crippen MR) is 130 cm³/mol. The van der Waals surface area contributed by atoms with Crippen molar-refractivity contribution < 1.29 is 14.4 Å². The molecule has 33 heavy (non-hydrogen) atoms. The van der Waals surface area contributed by atoms with Gasteiger partial charge in [0, 0.05) is 38.8 Å². The number of piperazine rings is 1. The number of nitrogens with one attached hydrogen (secondary N) is 1. The lowest BCUT2D eigenvalue weighted by molar-refractivity contribution is -0.121. The van der Waals surface area contributed by atoms with Crippen LogP contribution in [0, 0.1) is 13.8 Å². The zero-order valence-electron chi connectivity index (χ0n) is 19.6. The third-order valence-electron chi connectivity index (χ3n) is 6.29. The number of imide groups is 1. The molecule has 0 aromatic heterocycles. The molecule has 1 N–H and O–H groups in total. The van der Waals surface area contributed by atoms with Gasteiger partial charge in [0.2, 0.25) is 5.91 Å². The van der Waals surface area contributed by atoms with E-state index in [4.69, 9.17) is 0 Å². The van der Waals surface area contributed by atoms with Crippen molar-refractivity contribution in [1.82, 2.24) is 9.80 Å². The summed E-state index contributed by atoms with van der Waals surface area (Å²) in [4.78, 5) is 44.6. The van der Waals surface area contributed by atoms with Gasteiger partial charge < -0.3 is 15.1 Å². The van der Waals surface area contributed by atoms with Gasteiger partial charge in [-0.1, -0.05) is 31.2 Å². The minimum absolute atomic E-state index is 0.162. The highest BCUT2D eigenvalue weighted by Gasteiger charge is 2.43. The van der Waals surface area contributed by atoms with Crippen molar-refractivity contribution in [1.29, 1.82) is 0 Å². The summed E-state index contributed by atoms with van der Waals surface area (Å²) >= 11 is 0. The fourth-order valence-corrected chi connectivity index (χ4v) is 4.46. The van der Waals surface area contributed by atoms with Crippen LogP contribution in [-0.4, -0.2) is 60.2 Å². The maximum Gasteiger partial charge on any atom is 0.282 e. The van der Waals surface area contributed by atoms with Gasteiger partial charge >= 0.3 is 0 Å². The van der Waals surface area contributed by atoms with Gasteiger partial charge in [-0.2, -0.15) is 0 Å². The Kier molecular flexibility index (Phi) is 6.33. The van der Waals surface area contributed by atoms with Crippen molar-refractivity contribution in [2.24, 2.45) is 0 Å². The van der Waals surface area contributed by atoms with E-state index in [9.17, 15) is 14.4 Å². The Labute approximate surface area is 194 Å². The first-order valence-electron chi connectivity index (χ1n) is 11.4. The normalized spacial score (nSPS) is 17.2. The molecule has 7 heteroatoms. The molecule has 3 amide bonds. The van der Waals surface area contributed by atoms with E-state index in [1.807, 2.05) is 32.0 Å². The van der Waals surface area contributed by atoms with Gasteiger partial charge in [0.05, 0.1) is 11.3 Å². The molecule has 2 heterocycles. The van der Waals surface area contributed by atoms with Gasteiger partial charge in [-0.05, 0) is 55.3 Å². The second kappa shape index (κ2) is 9.19. The van der Waals surface area contributed by atoms with Crippen LogP contribution in [0.3, 0.4) is 0 Å². The maximum atomic E-state index is 13.8. The lowest BCUT2D eigenvalue weighted by Gasteiger charge is -2.36. The molecule has 0 saturated carbocycles. The zero-order valence-corrected chi connectivity index (χ0v) is 19.6. The highest BCUT2D eigenvalue weighted by atomic mass is 16.2. The molecule has 2 aliphatic heterocycles. The van der Waals surface area contributed by atoms with Crippen molar-refractivity contribution in [3.05, 3.63) is 64.9 Å². The van der Waals surface area contributed by atoms with Crippen molar-refractivity contribution in [3.63, 3.8) is 0 Å². The van der Waals surface area contributed by atoms with Crippen LogP contribution >= 0.6 is 0 Å². The number of carbonyl (C=O) groups is 3. The molecule has 2 aromatic carbocycles. The fourth-order valence-electron chi connectivity index (χ4n) is 4.46. The number of benzene rings is 2. The third-order valence-corrected chi connectivity index (χ3v) is 6.29. The van der Waals surface area contributed by atoms with Crippen molar-refractivity contribution in [2.75, 3.05) is 42.9 Å². The van der Waals surface area contributed by atoms with Crippen LogP contribution in [0.2, 0.25) is 0 Å². The van der Waals surface area contributed by atoms with Gasteiger partial charge in [-0.15, -0.1) is 0 Å². The molecule has 0 radical (unpaired) electrons. The number of rotatable bonds is 5. The average molecular weight is 447 g/mol. The van der Waals surface area contributed by atoms with E-state index in [0.29, 0.717) is 41.3 Å². The first kappa shape index (κ1) is 22.7. The van der Waals surface area contributed by atoms with Gasteiger partial charge in [-0.3, -0.25) is 14.4 Å². The number of amides is 3. The number of nitrogens with zero attached hydrogens (tertiary/aromatic N) is 3. The summed E-state index contributed by atoms with van der Waals surface area (Å²) in [5.41, 5.74) is 4.68. The molecule has 0 unspecified atom stereocenters. The predicted octanol–water partition coefficient (Wildman–Crippen LogP) is 3.18. The molecule has 2 aromatic rings. The Morgan fingerprint density at radius 2 is 1.61 bits per heavy atom. The van der Waals surface area contributed by atoms with Crippen LogP contribution in [-0.2, 0) is 14.4 Å². The molecule has 0 bridgehead atoms. The maximum absolute atomic E-state index is 13.8. The molecule has 0 aliphatic carbocycles. The molecule has 4 rings (SSSR count). The number of aryl methyl sites for hydroxylation is 2. The Balaban J connectivity index is 1.78. The summed E-state index contributed by atoms with van der Waals surface area (Å²) in [5.74, 6) is -0.752. The summed E-state index contributed by atoms with van der Waals surface area (Å²) in [6.45, 7) is 11.5. The second-order valence-corrected chi connectivity index (χ2v) is 8.64. The number of carbonyl (C=O) groups excluding carboxylic acids is 3. The molecular weight excluding hydrogens is 416 g/mol. The third kappa shape index (κ3) is 4.41. The smallest absolute Gasteiger partial charge is 0.282 e. The number of hydrogen-bond donors (Lipinski definition) is 1. The fraction of sp³-hybridized carbons (Fsp3) is 0.346. The van der Waals surface area contributed by atoms with Crippen LogP contribution in [0.4, 0.5) is 11.4 Å². The summed E-state index contributed by atoms with van der Waals surface area (Å²) in [6.07, 6.45) is 0. The standard InChI is InChI=1S/C26H30N4O3/c1-5-28-12-14-29(15-13-28)24-23(20-8-10-21(11-9-20)27-19(4)31)25(32)30(26(24)33)22-16-17(2)6-7-18(22)3/h6-11,16H,5,12-15H2,1-4H3,(H,27,31). The molecular formula is C26H30N4O3. The molecule has 172 valence electrons. The van der Waals surface area contributed by atoms with Gasteiger partial charge in [0.1, 0.15) is 5.70 Å².